The molecule has 4 aromatic carbocycles. The maximum absolute atomic E-state index is 12.4. The first-order chi connectivity index (χ1) is 19.4. The van der Waals surface area contributed by atoms with Gasteiger partial charge in [0.15, 0.2) is 0 Å². The minimum absolute atomic E-state index is 0. The van der Waals surface area contributed by atoms with E-state index < -0.39 is 93.5 Å². The van der Waals surface area contributed by atoms with Gasteiger partial charge in [-0.1, -0.05) is 72.8 Å². The van der Waals surface area contributed by atoms with Crippen LogP contribution >= 0.6 is 0 Å². The van der Waals surface area contributed by atoms with Gasteiger partial charge in [-0.25, -0.2) is 33.7 Å². The predicted octanol–water partition coefficient (Wildman–Crippen LogP) is -9.67. The van der Waals surface area contributed by atoms with Crippen LogP contribution in [0.15, 0.2) is 117 Å². The van der Waals surface area contributed by atoms with Crippen molar-refractivity contribution in [2.45, 2.75) is 19.6 Å². The maximum atomic E-state index is 12.4. The first-order valence-electron chi connectivity index (χ1n) is 11.4. The molecule has 0 aliphatic carbocycles. The standard InChI is InChI=1S/C26H20O12S4.4Na/c27-39(28,29)21-13-5-1-9-17(21)25(18-10-2-6-14-22(18)40(30,31)32)26(19-11-3-7-15-23(19)41(33,34)35)20-12-4-8-16-24(20)42(36,37)38;;;;/h1-16H,(H,27,28,29)(H,30,31,32)(H,33,34,35)(H,36,37,38);;;;/q;4*+1/p-4. The molecule has 0 aliphatic rings. The van der Waals surface area contributed by atoms with E-state index in [1.807, 2.05) is 0 Å². The van der Waals surface area contributed by atoms with E-state index in [2.05, 4.69) is 0 Å². The summed E-state index contributed by atoms with van der Waals surface area (Å²) in [6, 6.07) is 17.0. The molecule has 4 aromatic rings. The molecule has 0 saturated carbocycles. The van der Waals surface area contributed by atoms with Gasteiger partial charge in [0.05, 0.1) is 19.6 Å². The molecule has 0 spiro atoms. The molecule has 0 bridgehead atoms. The molecule has 220 valence electrons. The van der Waals surface area contributed by atoms with Crippen molar-refractivity contribution < 1.29 is 170 Å². The second kappa shape index (κ2) is 18.0. The molecule has 0 saturated heterocycles. The minimum atomic E-state index is -5.38. The van der Waals surface area contributed by atoms with Crippen molar-refractivity contribution in [2.75, 3.05) is 0 Å². The average molecular weight is 741 g/mol. The van der Waals surface area contributed by atoms with Gasteiger partial charge in [0, 0.05) is 22.3 Å². The van der Waals surface area contributed by atoms with Gasteiger partial charge in [0.1, 0.15) is 40.5 Å². The normalized spacial score (nSPS) is 11.5. The van der Waals surface area contributed by atoms with Gasteiger partial charge in [-0.15, -0.1) is 0 Å². The molecule has 0 atom stereocenters. The SMILES string of the molecule is O=S(=O)([O-])c1ccccc1C(=C(c1ccccc1S(=O)(=O)[O-])c1ccccc1S(=O)(=O)[O-])c1ccccc1S(=O)(=O)[O-].[Na+].[Na+].[Na+].[Na+]. The third-order valence-electron chi connectivity index (χ3n) is 5.95. The largest absolute Gasteiger partial charge is 1.00 e. The summed E-state index contributed by atoms with van der Waals surface area (Å²) in [4.78, 5) is -3.89. The van der Waals surface area contributed by atoms with Gasteiger partial charge in [-0.05, 0) is 35.4 Å². The van der Waals surface area contributed by atoms with Crippen LogP contribution in [0.2, 0.25) is 0 Å². The smallest absolute Gasteiger partial charge is 0.744 e. The van der Waals surface area contributed by atoms with Gasteiger partial charge in [-0.2, -0.15) is 0 Å². The van der Waals surface area contributed by atoms with Crippen LogP contribution in [0.4, 0.5) is 0 Å². The molecule has 20 heteroatoms. The molecule has 0 aromatic heterocycles. The van der Waals surface area contributed by atoms with Crippen molar-refractivity contribution in [3.63, 3.8) is 0 Å². The summed E-state index contributed by atoms with van der Waals surface area (Å²) in [7, 11) is -21.5. The van der Waals surface area contributed by atoms with Crippen LogP contribution in [0.5, 0.6) is 0 Å². The van der Waals surface area contributed by atoms with Crippen molar-refractivity contribution in [3.8, 4) is 0 Å². The summed E-state index contributed by atoms with van der Waals surface area (Å²) in [6.07, 6.45) is 0. The first kappa shape index (κ1) is 46.3. The Bertz CT molecular complexity index is 1890. The fourth-order valence-corrected chi connectivity index (χ4v) is 7.13. The Labute approximate surface area is 355 Å². The molecule has 0 fully saturated rings. The monoisotopic (exact) mass is 740 g/mol. The summed E-state index contributed by atoms with van der Waals surface area (Å²) in [5.41, 5.74) is -3.64. The summed E-state index contributed by atoms with van der Waals surface area (Å²) in [5.74, 6) is 0. The average Bonchev–Trinajstić information content (AvgIpc) is 2.90. The number of hydrogen-bond donors (Lipinski definition) is 0. The molecule has 0 heterocycles. The second-order valence-corrected chi connectivity index (χ2v) is 13.9. The third-order valence-corrected chi connectivity index (χ3v) is 9.53. The molecule has 4 rings (SSSR count). The van der Waals surface area contributed by atoms with E-state index in [0.717, 1.165) is 72.8 Å². The van der Waals surface area contributed by atoms with E-state index >= 15 is 0 Å². The maximum Gasteiger partial charge on any atom is 1.00 e. The molecule has 0 radical (unpaired) electrons. The van der Waals surface area contributed by atoms with E-state index in [-0.39, 0.29) is 118 Å². The Morgan fingerprint density at radius 2 is 0.478 bits per heavy atom. The Balaban J connectivity index is 0.00000506. The number of benzene rings is 4. The third kappa shape index (κ3) is 10.6. The van der Waals surface area contributed by atoms with Crippen LogP contribution in [0.3, 0.4) is 0 Å². The van der Waals surface area contributed by atoms with Crippen LogP contribution in [0, 0.1) is 0 Å². The zero-order valence-corrected chi connectivity index (χ0v) is 36.0. The summed E-state index contributed by atoms with van der Waals surface area (Å²) in [5, 5.41) is 0. The zero-order chi connectivity index (χ0) is 31.1. The zero-order valence-electron chi connectivity index (χ0n) is 24.8. The molecule has 46 heavy (non-hydrogen) atoms. The van der Waals surface area contributed by atoms with Crippen molar-refractivity contribution in [1.82, 2.24) is 0 Å². The Kier molecular flexibility index (Phi) is 18.1. The van der Waals surface area contributed by atoms with E-state index in [1.54, 1.807) is 0 Å². The second-order valence-electron chi connectivity index (χ2n) is 8.55. The molecule has 0 N–H and O–H groups in total. The van der Waals surface area contributed by atoms with Crippen molar-refractivity contribution >= 4 is 51.6 Å². The van der Waals surface area contributed by atoms with Crippen LogP contribution < -0.4 is 118 Å². The topological polar surface area (TPSA) is 229 Å². The number of hydrogen-bond acceptors (Lipinski definition) is 12. The van der Waals surface area contributed by atoms with Gasteiger partial charge in [-0.3, -0.25) is 0 Å². The van der Waals surface area contributed by atoms with E-state index in [9.17, 15) is 51.9 Å². The summed E-state index contributed by atoms with van der Waals surface area (Å²) in [6.45, 7) is 0. The van der Waals surface area contributed by atoms with Crippen LogP contribution in [0.25, 0.3) is 11.1 Å². The van der Waals surface area contributed by atoms with Gasteiger partial charge >= 0.3 is 118 Å². The fraction of sp³-hybridized carbons (Fsp3) is 0. The van der Waals surface area contributed by atoms with Crippen LogP contribution in [-0.4, -0.2) is 51.9 Å². The van der Waals surface area contributed by atoms with Crippen molar-refractivity contribution in [3.05, 3.63) is 119 Å². The molecular formula is C26H16Na4O12S4. The van der Waals surface area contributed by atoms with E-state index in [4.69, 9.17) is 0 Å². The molecule has 0 unspecified atom stereocenters. The van der Waals surface area contributed by atoms with E-state index in [0.29, 0.717) is 0 Å². The predicted molar refractivity (Wildman–Crippen MR) is 143 cm³/mol. The first-order valence-corrected chi connectivity index (χ1v) is 17.0. The molecular weight excluding hydrogens is 725 g/mol. The fourth-order valence-electron chi connectivity index (χ4n) is 4.39. The summed E-state index contributed by atoms with van der Waals surface area (Å²) >= 11 is 0. The quantitative estimate of drug-likeness (QED) is 0.0932. The van der Waals surface area contributed by atoms with E-state index in [1.165, 1.54) is 24.3 Å². The molecule has 0 aliphatic heterocycles. The molecule has 12 nitrogen and oxygen atoms in total. The van der Waals surface area contributed by atoms with Gasteiger partial charge in [0.25, 0.3) is 0 Å². The number of rotatable bonds is 8. The van der Waals surface area contributed by atoms with Crippen molar-refractivity contribution in [2.24, 2.45) is 0 Å². The van der Waals surface area contributed by atoms with Gasteiger partial charge < -0.3 is 18.2 Å². The molecule has 0 amide bonds. The van der Waals surface area contributed by atoms with Gasteiger partial charge in [0.2, 0.25) is 0 Å². The van der Waals surface area contributed by atoms with Crippen LogP contribution in [-0.2, 0) is 40.5 Å². The Morgan fingerprint density at radius 1 is 0.326 bits per heavy atom. The minimum Gasteiger partial charge on any atom is -0.744 e. The van der Waals surface area contributed by atoms with Crippen LogP contribution in [0.1, 0.15) is 22.3 Å². The van der Waals surface area contributed by atoms with Crippen molar-refractivity contribution in [1.29, 1.82) is 0 Å². The summed E-state index contributed by atoms with van der Waals surface area (Å²) < 4.78 is 148. The Hall–Kier alpha value is 0.260. The Morgan fingerprint density at radius 3 is 0.630 bits per heavy atom.